The van der Waals surface area contributed by atoms with Gasteiger partial charge in [-0.1, -0.05) is 54.6 Å². The van der Waals surface area contributed by atoms with Crippen molar-refractivity contribution in [2.45, 2.75) is 32.2 Å². The number of benzene rings is 3. The second kappa shape index (κ2) is 8.66. The Bertz CT molecular complexity index is 1240. The Morgan fingerprint density at radius 1 is 0.935 bits per heavy atom. The number of fused-ring (bicyclic) bond motifs is 2. The van der Waals surface area contributed by atoms with Crippen molar-refractivity contribution in [2.24, 2.45) is 0 Å². The summed E-state index contributed by atoms with van der Waals surface area (Å²) < 4.78 is 11.9. The Hall–Kier alpha value is -3.57. The Morgan fingerprint density at radius 2 is 1.81 bits per heavy atom. The molecule has 0 saturated heterocycles. The van der Waals surface area contributed by atoms with Crippen LogP contribution in [-0.2, 0) is 24.4 Å². The highest BCUT2D eigenvalue weighted by atomic mass is 16.5. The van der Waals surface area contributed by atoms with Gasteiger partial charge in [-0.2, -0.15) is 0 Å². The molecule has 31 heavy (non-hydrogen) atoms. The van der Waals surface area contributed by atoms with Crippen LogP contribution in [0.25, 0.3) is 10.9 Å². The van der Waals surface area contributed by atoms with Crippen molar-refractivity contribution in [3.8, 4) is 5.75 Å². The number of carbonyl (C=O) groups excluding carboxylic acids is 1. The first kappa shape index (κ1) is 19.4. The quantitative estimate of drug-likeness (QED) is 0.451. The van der Waals surface area contributed by atoms with Crippen molar-refractivity contribution >= 4 is 16.7 Å². The Kier molecular flexibility index (Phi) is 5.42. The van der Waals surface area contributed by atoms with Gasteiger partial charge in [-0.25, -0.2) is 9.97 Å². The highest BCUT2D eigenvalue weighted by Crippen LogP contribution is 2.24. The van der Waals surface area contributed by atoms with E-state index in [-0.39, 0.29) is 12.4 Å². The smallest absolute Gasteiger partial charge is 0.191 e. The fourth-order valence-electron chi connectivity index (χ4n) is 3.88. The molecule has 0 radical (unpaired) electrons. The molecular formula is C26H22N2O3. The third-order valence-electron chi connectivity index (χ3n) is 5.51. The van der Waals surface area contributed by atoms with E-state index in [1.165, 1.54) is 0 Å². The van der Waals surface area contributed by atoms with Gasteiger partial charge in [-0.05, 0) is 42.2 Å². The molecule has 5 rings (SSSR count). The summed E-state index contributed by atoms with van der Waals surface area (Å²) >= 11 is 0. The van der Waals surface area contributed by atoms with E-state index < -0.39 is 6.10 Å². The first-order valence-corrected chi connectivity index (χ1v) is 10.4. The van der Waals surface area contributed by atoms with Crippen LogP contribution in [0.1, 0.15) is 33.7 Å². The zero-order chi connectivity index (χ0) is 21.0. The number of hydrogen-bond donors (Lipinski definition) is 0. The molecule has 0 bridgehead atoms. The lowest BCUT2D eigenvalue weighted by Crippen LogP contribution is -2.30. The number of rotatable bonds is 6. The lowest BCUT2D eigenvalue weighted by Gasteiger charge is -2.23. The molecule has 1 aliphatic rings. The SMILES string of the molecule is O=C1c2ccccc2CCC1OCc1cccc(OCc2ncc3ccccc3n2)c1. The third-order valence-corrected chi connectivity index (χ3v) is 5.51. The highest BCUT2D eigenvalue weighted by molar-refractivity contribution is 6.01. The molecule has 4 aromatic rings. The van der Waals surface area contributed by atoms with E-state index in [0.717, 1.165) is 39.8 Å². The van der Waals surface area contributed by atoms with E-state index in [2.05, 4.69) is 9.97 Å². The molecule has 1 unspecified atom stereocenters. The number of Topliss-reactive ketones (excluding diaryl/α,β-unsaturated/α-hetero) is 1. The largest absolute Gasteiger partial charge is 0.486 e. The van der Waals surface area contributed by atoms with Gasteiger partial charge in [-0.15, -0.1) is 0 Å². The van der Waals surface area contributed by atoms with Crippen LogP contribution >= 0.6 is 0 Å². The van der Waals surface area contributed by atoms with Crippen LogP contribution in [0.2, 0.25) is 0 Å². The van der Waals surface area contributed by atoms with Crippen molar-refractivity contribution in [1.29, 1.82) is 0 Å². The summed E-state index contributed by atoms with van der Waals surface area (Å²) in [6, 6.07) is 23.4. The minimum absolute atomic E-state index is 0.0720. The monoisotopic (exact) mass is 410 g/mol. The van der Waals surface area contributed by atoms with Gasteiger partial charge in [0.05, 0.1) is 12.1 Å². The fraction of sp³-hybridized carbons (Fsp3) is 0.192. The van der Waals surface area contributed by atoms with E-state index in [9.17, 15) is 4.79 Å². The van der Waals surface area contributed by atoms with E-state index in [1.54, 1.807) is 0 Å². The van der Waals surface area contributed by atoms with Crippen LogP contribution in [0, 0.1) is 0 Å². The number of para-hydroxylation sites is 1. The van der Waals surface area contributed by atoms with Gasteiger partial charge in [0.2, 0.25) is 0 Å². The summed E-state index contributed by atoms with van der Waals surface area (Å²) in [5.74, 6) is 1.42. The highest BCUT2D eigenvalue weighted by Gasteiger charge is 2.27. The summed E-state index contributed by atoms with van der Waals surface area (Å²) in [5.41, 5.74) is 3.76. The van der Waals surface area contributed by atoms with E-state index in [4.69, 9.17) is 9.47 Å². The van der Waals surface area contributed by atoms with Crippen LogP contribution in [0.4, 0.5) is 0 Å². The molecule has 1 aliphatic carbocycles. The second-order valence-corrected chi connectivity index (χ2v) is 7.64. The first-order chi connectivity index (χ1) is 15.3. The average Bonchev–Trinajstić information content (AvgIpc) is 2.83. The maximum absolute atomic E-state index is 12.7. The van der Waals surface area contributed by atoms with E-state index in [0.29, 0.717) is 18.9 Å². The van der Waals surface area contributed by atoms with Crippen LogP contribution in [0.5, 0.6) is 5.75 Å². The lowest BCUT2D eigenvalue weighted by atomic mass is 9.89. The van der Waals surface area contributed by atoms with Gasteiger partial charge in [0, 0.05) is 17.1 Å². The minimum Gasteiger partial charge on any atom is -0.486 e. The predicted octanol–water partition coefficient (Wildman–Crippen LogP) is 4.92. The van der Waals surface area contributed by atoms with Gasteiger partial charge in [0.15, 0.2) is 11.6 Å². The second-order valence-electron chi connectivity index (χ2n) is 7.64. The molecule has 0 amide bonds. The fourth-order valence-corrected chi connectivity index (χ4v) is 3.88. The molecule has 0 aliphatic heterocycles. The van der Waals surface area contributed by atoms with Crippen molar-refractivity contribution in [3.05, 3.63) is 102 Å². The number of hydrogen-bond acceptors (Lipinski definition) is 5. The molecule has 3 aromatic carbocycles. The van der Waals surface area contributed by atoms with Gasteiger partial charge < -0.3 is 9.47 Å². The number of nitrogens with zero attached hydrogens (tertiary/aromatic N) is 2. The number of ether oxygens (including phenoxy) is 2. The van der Waals surface area contributed by atoms with Crippen molar-refractivity contribution in [3.63, 3.8) is 0 Å². The van der Waals surface area contributed by atoms with Crippen LogP contribution < -0.4 is 4.74 Å². The van der Waals surface area contributed by atoms with Gasteiger partial charge >= 0.3 is 0 Å². The zero-order valence-corrected chi connectivity index (χ0v) is 17.0. The average molecular weight is 410 g/mol. The van der Waals surface area contributed by atoms with Gasteiger partial charge in [-0.3, -0.25) is 4.79 Å². The molecule has 0 N–H and O–H groups in total. The Morgan fingerprint density at radius 3 is 2.77 bits per heavy atom. The van der Waals surface area contributed by atoms with Crippen LogP contribution in [0.3, 0.4) is 0 Å². The van der Waals surface area contributed by atoms with E-state index >= 15 is 0 Å². The molecule has 5 heteroatoms. The predicted molar refractivity (Wildman–Crippen MR) is 118 cm³/mol. The summed E-state index contributed by atoms with van der Waals surface area (Å²) in [4.78, 5) is 21.6. The number of ketones is 1. The van der Waals surface area contributed by atoms with Crippen LogP contribution in [0.15, 0.2) is 79.0 Å². The maximum Gasteiger partial charge on any atom is 0.191 e. The third kappa shape index (κ3) is 4.32. The molecule has 1 heterocycles. The Labute approximate surface area is 180 Å². The summed E-state index contributed by atoms with van der Waals surface area (Å²) in [7, 11) is 0. The number of carbonyl (C=O) groups is 1. The van der Waals surface area contributed by atoms with E-state index in [1.807, 2.05) is 79.0 Å². The topological polar surface area (TPSA) is 61.3 Å². The minimum atomic E-state index is -0.398. The molecule has 154 valence electrons. The lowest BCUT2D eigenvalue weighted by molar-refractivity contribution is 0.0284. The molecule has 5 nitrogen and oxygen atoms in total. The summed E-state index contributed by atoms with van der Waals surface area (Å²) in [6.07, 6.45) is 2.99. The van der Waals surface area contributed by atoms with Crippen molar-refractivity contribution in [1.82, 2.24) is 9.97 Å². The summed E-state index contributed by atoms with van der Waals surface area (Å²) in [5, 5.41) is 1.00. The zero-order valence-electron chi connectivity index (χ0n) is 17.0. The molecule has 0 spiro atoms. The van der Waals surface area contributed by atoms with Gasteiger partial charge in [0.25, 0.3) is 0 Å². The van der Waals surface area contributed by atoms with Crippen LogP contribution in [-0.4, -0.2) is 21.9 Å². The molecule has 1 aromatic heterocycles. The van der Waals surface area contributed by atoms with Crippen molar-refractivity contribution < 1.29 is 14.3 Å². The first-order valence-electron chi connectivity index (χ1n) is 10.4. The molecule has 0 saturated carbocycles. The molecule has 1 atom stereocenters. The Balaban J connectivity index is 1.21. The number of aromatic nitrogens is 2. The number of aryl methyl sites for hydroxylation is 1. The summed E-state index contributed by atoms with van der Waals surface area (Å²) in [6.45, 7) is 0.648. The maximum atomic E-state index is 12.7. The normalized spacial score (nSPS) is 15.6. The van der Waals surface area contributed by atoms with Crippen molar-refractivity contribution in [2.75, 3.05) is 0 Å². The molecular weight excluding hydrogens is 388 g/mol. The molecule has 0 fully saturated rings. The standard InChI is InChI=1S/C26H22N2O3/c29-26-22-10-3-1-7-19(22)12-13-24(26)31-16-18-6-5-9-21(14-18)30-17-25-27-15-20-8-2-4-11-23(20)28-25/h1-11,14-15,24H,12-13,16-17H2. The van der Waals surface area contributed by atoms with Gasteiger partial charge in [0.1, 0.15) is 18.5 Å².